The van der Waals surface area contributed by atoms with Crippen molar-refractivity contribution in [1.82, 2.24) is 9.78 Å². The van der Waals surface area contributed by atoms with Crippen LogP contribution in [0.1, 0.15) is 24.2 Å². The Balaban J connectivity index is 1.97. The zero-order chi connectivity index (χ0) is 12.5. The van der Waals surface area contributed by atoms with Crippen LogP contribution < -0.4 is 0 Å². The van der Waals surface area contributed by atoms with E-state index in [1.54, 1.807) is 11.7 Å². The van der Waals surface area contributed by atoms with Gasteiger partial charge in [0.05, 0.1) is 29.5 Å². The third kappa shape index (κ3) is 3.07. The fraction of sp³-hybridized carbons (Fsp3) is 0.727. The first-order chi connectivity index (χ1) is 8.00. The lowest BCUT2D eigenvalue weighted by Crippen LogP contribution is -2.24. The van der Waals surface area contributed by atoms with E-state index >= 15 is 0 Å². The second kappa shape index (κ2) is 4.78. The number of aliphatic hydroxyl groups excluding tert-OH is 1. The van der Waals surface area contributed by atoms with Crippen molar-refractivity contribution in [2.24, 2.45) is 13.0 Å². The van der Waals surface area contributed by atoms with E-state index in [0.717, 1.165) is 30.7 Å². The fourth-order valence-electron chi connectivity index (χ4n) is 2.26. The van der Waals surface area contributed by atoms with Gasteiger partial charge in [0.25, 0.3) is 0 Å². The number of nitrogens with zero attached hydrogens (tertiary/aromatic N) is 2. The summed E-state index contributed by atoms with van der Waals surface area (Å²) >= 11 is 0. The van der Waals surface area contributed by atoms with Crippen LogP contribution >= 0.6 is 0 Å². The molecule has 0 bridgehead atoms. The van der Waals surface area contributed by atoms with Gasteiger partial charge in [-0.1, -0.05) is 0 Å². The topological polar surface area (TPSA) is 72.2 Å². The van der Waals surface area contributed by atoms with Gasteiger partial charge in [-0.05, 0) is 31.2 Å². The van der Waals surface area contributed by atoms with Crippen molar-refractivity contribution < 1.29 is 13.5 Å². The van der Waals surface area contributed by atoms with Crippen LogP contribution in [0.15, 0.2) is 6.07 Å². The van der Waals surface area contributed by atoms with Gasteiger partial charge in [0.15, 0.2) is 0 Å². The average Bonchev–Trinajstić information content (AvgIpc) is 2.62. The molecule has 2 heterocycles. The summed E-state index contributed by atoms with van der Waals surface area (Å²) in [5.74, 6) is 1.01. The summed E-state index contributed by atoms with van der Waals surface area (Å²) in [7, 11) is -0.975. The van der Waals surface area contributed by atoms with E-state index in [4.69, 9.17) is 5.11 Å². The number of sulfone groups is 1. The van der Waals surface area contributed by atoms with Crippen molar-refractivity contribution in [2.75, 3.05) is 11.5 Å². The van der Waals surface area contributed by atoms with Crippen LogP contribution in [0.2, 0.25) is 0 Å². The molecular weight excluding hydrogens is 240 g/mol. The largest absolute Gasteiger partial charge is 0.390 e. The Bertz CT molecular complexity index is 479. The summed E-state index contributed by atoms with van der Waals surface area (Å²) in [5, 5.41) is 13.4. The maximum atomic E-state index is 11.3. The molecule has 0 saturated carbocycles. The van der Waals surface area contributed by atoms with E-state index in [1.807, 2.05) is 6.07 Å². The van der Waals surface area contributed by atoms with Crippen molar-refractivity contribution in [1.29, 1.82) is 0 Å². The minimum absolute atomic E-state index is 0.0114. The molecule has 0 spiro atoms. The van der Waals surface area contributed by atoms with Gasteiger partial charge in [0.2, 0.25) is 0 Å². The molecular formula is C11H18N2O3S. The average molecular weight is 258 g/mol. The highest BCUT2D eigenvalue weighted by molar-refractivity contribution is 7.91. The molecule has 0 unspecified atom stereocenters. The van der Waals surface area contributed by atoms with Crippen LogP contribution in [-0.2, 0) is 29.9 Å². The first-order valence-electron chi connectivity index (χ1n) is 5.83. The van der Waals surface area contributed by atoms with Gasteiger partial charge in [-0.3, -0.25) is 4.68 Å². The molecule has 1 fully saturated rings. The molecule has 1 aromatic heterocycles. The number of hydrogen-bond donors (Lipinski definition) is 1. The molecule has 1 aliphatic heterocycles. The molecule has 17 heavy (non-hydrogen) atoms. The highest BCUT2D eigenvalue weighted by Crippen LogP contribution is 2.22. The number of aromatic nitrogens is 2. The zero-order valence-electron chi connectivity index (χ0n) is 9.96. The minimum atomic E-state index is -2.78. The standard InChI is InChI=1S/C11H18N2O3S/c1-13-11(8-14)7-10(12-13)6-9-2-4-17(15,16)5-3-9/h7,9,14H,2-6,8H2,1H3. The third-order valence-electron chi connectivity index (χ3n) is 3.36. The first kappa shape index (κ1) is 12.6. The van der Waals surface area contributed by atoms with Gasteiger partial charge in [-0.25, -0.2) is 8.42 Å². The van der Waals surface area contributed by atoms with Gasteiger partial charge in [0.1, 0.15) is 9.84 Å². The van der Waals surface area contributed by atoms with Gasteiger partial charge in [-0.15, -0.1) is 0 Å². The molecule has 1 saturated heterocycles. The molecule has 0 amide bonds. The predicted molar refractivity (Wildman–Crippen MR) is 64.2 cm³/mol. The SMILES string of the molecule is Cn1nc(CC2CCS(=O)(=O)CC2)cc1CO. The summed E-state index contributed by atoms with van der Waals surface area (Å²) in [6, 6.07) is 1.89. The number of hydrogen-bond acceptors (Lipinski definition) is 4. The zero-order valence-corrected chi connectivity index (χ0v) is 10.8. The molecule has 1 aromatic rings. The smallest absolute Gasteiger partial charge is 0.150 e. The predicted octanol–water partition coefficient (Wildman–Crippen LogP) is 0.280. The van der Waals surface area contributed by atoms with E-state index in [2.05, 4.69) is 5.10 Å². The summed E-state index contributed by atoms with van der Waals surface area (Å²) < 4.78 is 24.3. The number of aryl methyl sites for hydroxylation is 1. The van der Waals surface area contributed by atoms with Gasteiger partial charge < -0.3 is 5.11 Å². The molecule has 0 radical (unpaired) electrons. The number of aliphatic hydroxyl groups is 1. The molecule has 0 aliphatic carbocycles. The van der Waals surface area contributed by atoms with E-state index in [1.165, 1.54) is 0 Å². The van der Waals surface area contributed by atoms with Gasteiger partial charge in [-0.2, -0.15) is 5.10 Å². The van der Waals surface area contributed by atoms with Crippen LogP contribution in [0, 0.1) is 5.92 Å². The number of rotatable bonds is 3. The fourth-order valence-corrected chi connectivity index (χ4v) is 3.85. The maximum Gasteiger partial charge on any atom is 0.150 e. The second-order valence-corrected chi connectivity index (χ2v) is 7.01. The lowest BCUT2D eigenvalue weighted by atomic mass is 9.97. The van der Waals surface area contributed by atoms with Crippen molar-refractivity contribution in [3.05, 3.63) is 17.5 Å². The highest BCUT2D eigenvalue weighted by Gasteiger charge is 2.24. The quantitative estimate of drug-likeness (QED) is 0.845. The lowest BCUT2D eigenvalue weighted by molar-refractivity contribution is 0.270. The van der Waals surface area contributed by atoms with Crippen molar-refractivity contribution in [3.63, 3.8) is 0 Å². The van der Waals surface area contributed by atoms with Crippen molar-refractivity contribution in [2.45, 2.75) is 25.9 Å². The molecule has 96 valence electrons. The molecule has 0 aromatic carbocycles. The first-order valence-corrected chi connectivity index (χ1v) is 7.65. The summed E-state index contributed by atoms with van der Waals surface area (Å²) in [4.78, 5) is 0. The second-order valence-electron chi connectivity index (χ2n) is 4.71. The minimum Gasteiger partial charge on any atom is -0.390 e. The van der Waals surface area contributed by atoms with Crippen LogP contribution in [0.4, 0.5) is 0 Å². The van der Waals surface area contributed by atoms with Crippen molar-refractivity contribution >= 4 is 9.84 Å². The van der Waals surface area contributed by atoms with Crippen LogP contribution in [0.25, 0.3) is 0 Å². The molecule has 5 nitrogen and oxygen atoms in total. The maximum absolute atomic E-state index is 11.3. The molecule has 1 aliphatic rings. The lowest BCUT2D eigenvalue weighted by Gasteiger charge is -2.20. The summed E-state index contributed by atoms with van der Waals surface area (Å²) in [6.07, 6.45) is 2.27. The normalized spacial score (nSPS) is 20.6. The highest BCUT2D eigenvalue weighted by atomic mass is 32.2. The summed E-state index contributed by atoms with van der Waals surface area (Å²) in [5.41, 5.74) is 1.74. The Morgan fingerprint density at radius 1 is 1.47 bits per heavy atom. The molecule has 0 atom stereocenters. The van der Waals surface area contributed by atoms with Gasteiger partial charge in [0, 0.05) is 7.05 Å². The van der Waals surface area contributed by atoms with E-state index in [9.17, 15) is 8.42 Å². The van der Waals surface area contributed by atoms with E-state index < -0.39 is 9.84 Å². The van der Waals surface area contributed by atoms with Crippen LogP contribution in [0.5, 0.6) is 0 Å². The molecule has 6 heteroatoms. The van der Waals surface area contributed by atoms with E-state index in [0.29, 0.717) is 17.4 Å². The molecule has 1 N–H and O–H groups in total. The Labute approximate surface area is 101 Å². The molecule has 2 rings (SSSR count). The van der Waals surface area contributed by atoms with Crippen LogP contribution in [0.3, 0.4) is 0 Å². The Kier molecular flexibility index (Phi) is 3.53. The van der Waals surface area contributed by atoms with E-state index in [-0.39, 0.29) is 6.61 Å². The van der Waals surface area contributed by atoms with Gasteiger partial charge >= 0.3 is 0 Å². The summed E-state index contributed by atoms with van der Waals surface area (Å²) in [6.45, 7) is -0.0114. The third-order valence-corrected chi connectivity index (χ3v) is 5.08. The Morgan fingerprint density at radius 3 is 2.65 bits per heavy atom. The van der Waals surface area contributed by atoms with Crippen LogP contribution in [-0.4, -0.2) is 34.8 Å². The Morgan fingerprint density at radius 2 is 2.12 bits per heavy atom. The monoisotopic (exact) mass is 258 g/mol. The van der Waals surface area contributed by atoms with Crippen molar-refractivity contribution in [3.8, 4) is 0 Å². The Hall–Kier alpha value is -0.880.